The molecule has 5 heteroatoms. The molecule has 1 aliphatic carbocycles. The Morgan fingerprint density at radius 2 is 1.77 bits per heavy atom. The quantitative estimate of drug-likeness (QED) is 0.669. The maximum absolute atomic E-state index is 13.2. The van der Waals surface area contributed by atoms with Crippen LogP contribution in [0, 0.1) is 0 Å². The molecule has 0 atom stereocenters. The summed E-state index contributed by atoms with van der Waals surface area (Å²) >= 11 is 0. The van der Waals surface area contributed by atoms with Gasteiger partial charge in [-0.2, -0.15) is 0 Å². The molecule has 0 N–H and O–H groups in total. The lowest BCUT2D eigenvalue weighted by Gasteiger charge is -2.26. The molecule has 1 fully saturated rings. The fourth-order valence-corrected chi connectivity index (χ4v) is 3.97. The van der Waals surface area contributed by atoms with Crippen molar-refractivity contribution >= 4 is 16.9 Å². The van der Waals surface area contributed by atoms with E-state index in [4.69, 9.17) is 4.74 Å². The van der Waals surface area contributed by atoms with Gasteiger partial charge in [0.2, 0.25) is 0 Å². The zero-order valence-electron chi connectivity index (χ0n) is 14.9. The summed E-state index contributed by atoms with van der Waals surface area (Å²) in [5.74, 6) is -0.428. The second-order valence-electron chi connectivity index (χ2n) is 6.81. The molecule has 0 amide bonds. The van der Waals surface area contributed by atoms with Crippen LogP contribution in [-0.2, 0) is 4.74 Å². The lowest BCUT2D eigenvalue weighted by Crippen LogP contribution is -2.25. The van der Waals surface area contributed by atoms with Gasteiger partial charge < -0.3 is 4.74 Å². The van der Waals surface area contributed by atoms with Gasteiger partial charge in [-0.1, -0.05) is 37.5 Å². The Bertz CT molecular complexity index is 995. The highest BCUT2D eigenvalue weighted by molar-refractivity contribution is 5.94. The predicted molar refractivity (Wildman–Crippen MR) is 101 cm³/mol. The van der Waals surface area contributed by atoms with Crippen LogP contribution in [0.4, 0.5) is 0 Å². The Kier molecular flexibility index (Phi) is 4.37. The SMILES string of the molecule is COC(=O)c1ccc2c(c1)c(=O)n(-c1ccccc1)n2C1CCCCC1. The minimum Gasteiger partial charge on any atom is -0.465 e. The molecular formula is C21H22N2O3. The molecule has 2 aromatic carbocycles. The molecule has 4 rings (SSSR count). The van der Waals surface area contributed by atoms with Gasteiger partial charge in [0.05, 0.1) is 35.3 Å². The third-order valence-corrected chi connectivity index (χ3v) is 5.22. The molecule has 1 heterocycles. The summed E-state index contributed by atoms with van der Waals surface area (Å²) in [6.07, 6.45) is 5.72. The third-order valence-electron chi connectivity index (χ3n) is 5.22. The van der Waals surface area contributed by atoms with Gasteiger partial charge in [-0.15, -0.1) is 0 Å². The fourth-order valence-electron chi connectivity index (χ4n) is 3.97. The van der Waals surface area contributed by atoms with Crippen LogP contribution in [-0.4, -0.2) is 22.4 Å². The molecule has 0 unspecified atom stereocenters. The number of esters is 1. The Labute approximate surface area is 151 Å². The maximum Gasteiger partial charge on any atom is 0.337 e. The van der Waals surface area contributed by atoms with Crippen molar-refractivity contribution in [3.63, 3.8) is 0 Å². The number of fused-ring (bicyclic) bond motifs is 1. The number of rotatable bonds is 3. The predicted octanol–water partition coefficient (Wildman–Crippen LogP) is 4.08. The average molecular weight is 350 g/mol. The van der Waals surface area contributed by atoms with Crippen LogP contribution in [0.2, 0.25) is 0 Å². The van der Waals surface area contributed by atoms with Crippen LogP contribution in [0.25, 0.3) is 16.6 Å². The zero-order chi connectivity index (χ0) is 18.1. The maximum atomic E-state index is 13.2. The van der Waals surface area contributed by atoms with E-state index in [1.165, 1.54) is 26.4 Å². The largest absolute Gasteiger partial charge is 0.465 e. The Morgan fingerprint density at radius 3 is 2.46 bits per heavy atom. The highest BCUT2D eigenvalue weighted by Crippen LogP contribution is 2.31. The normalized spacial score (nSPS) is 15.3. The number of hydrogen-bond donors (Lipinski definition) is 0. The van der Waals surface area contributed by atoms with E-state index in [2.05, 4.69) is 4.68 Å². The lowest BCUT2D eigenvalue weighted by atomic mass is 9.95. The summed E-state index contributed by atoms with van der Waals surface area (Å²) in [4.78, 5) is 25.1. The molecule has 1 saturated carbocycles. The first-order valence-corrected chi connectivity index (χ1v) is 9.11. The molecular weight excluding hydrogens is 328 g/mol. The number of carbonyl (C=O) groups excluding carboxylic acids is 1. The van der Waals surface area contributed by atoms with E-state index >= 15 is 0 Å². The van der Waals surface area contributed by atoms with Crippen molar-refractivity contribution in [3.8, 4) is 5.69 Å². The van der Waals surface area contributed by atoms with E-state index in [0.717, 1.165) is 24.0 Å². The number of methoxy groups -OCH3 is 1. The van der Waals surface area contributed by atoms with Crippen molar-refractivity contribution in [1.82, 2.24) is 9.36 Å². The Morgan fingerprint density at radius 1 is 1.04 bits per heavy atom. The van der Waals surface area contributed by atoms with Crippen molar-refractivity contribution in [2.75, 3.05) is 7.11 Å². The topological polar surface area (TPSA) is 53.2 Å². The number of ether oxygens (including phenoxy) is 1. The van der Waals surface area contributed by atoms with Crippen LogP contribution >= 0.6 is 0 Å². The third kappa shape index (κ3) is 2.73. The minimum atomic E-state index is -0.428. The highest BCUT2D eigenvalue weighted by atomic mass is 16.5. The summed E-state index contributed by atoms with van der Waals surface area (Å²) in [7, 11) is 1.35. The van der Waals surface area contributed by atoms with E-state index in [1.807, 2.05) is 36.4 Å². The first-order valence-electron chi connectivity index (χ1n) is 9.11. The minimum absolute atomic E-state index is 0.0949. The number of benzene rings is 2. The first-order chi connectivity index (χ1) is 12.7. The summed E-state index contributed by atoms with van der Waals surface area (Å²) in [6, 6.07) is 15.3. The summed E-state index contributed by atoms with van der Waals surface area (Å²) in [5, 5.41) is 0.558. The second kappa shape index (κ2) is 6.83. The van der Waals surface area contributed by atoms with Crippen molar-refractivity contribution < 1.29 is 9.53 Å². The van der Waals surface area contributed by atoms with Crippen LogP contribution < -0.4 is 5.56 Å². The van der Waals surface area contributed by atoms with Crippen LogP contribution in [0.5, 0.6) is 0 Å². The van der Waals surface area contributed by atoms with Crippen molar-refractivity contribution in [3.05, 3.63) is 64.4 Å². The molecule has 0 spiro atoms. The number of hydrogen-bond acceptors (Lipinski definition) is 3. The van der Waals surface area contributed by atoms with E-state index in [9.17, 15) is 9.59 Å². The monoisotopic (exact) mass is 350 g/mol. The average Bonchev–Trinajstić information content (AvgIpc) is 3.00. The van der Waals surface area contributed by atoms with Gasteiger partial charge in [-0.25, -0.2) is 9.48 Å². The zero-order valence-corrected chi connectivity index (χ0v) is 14.9. The smallest absolute Gasteiger partial charge is 0.337 e. The van der Waals surface area contributed by atoms with Crippen molar-refractivity contribution in [2.45, 2.75) is 38.1 Å². The van der Waals surface area contributed by atoms with Gasteiger partial charge in [0.1, 0.15) is 0 Å². The number of aromatic nitrogens is 2. The molecule has 0 saturated heterocycles. The van der Waals surface area contributed by atoms with Crippen LogP contribution in [0.15, 0.2) is 53.3 Å². The van der Waals surface area contributed by atoms with Gasteiger partial charge in [-0.3, -0.25) is 9.48 Å². The van der Waals surface area contributed by atoms with E-state index in [-0.39, 0.29) is 11.6 Å². The lowest BCUT2D eigenvalue weighted by molar-refractivity contribution is 0.0601. The molecule has 0 bridgehead atoms. The molecule has 3 aromatic rings. The Hall–Kier alpha value is -2.82. The van der Waals surface area contributed by atoms with E-state index < -0.39 is 5.97 Å². The van der Waals surface area contributed by atoms with Gasteiger partial charge in [0.15, 0.2) is 0 Å². The molecule has 134 valence electrons. The standard InChI is InChI=1S/C21H22N2O3/c1-26-21(25)15-12-13-19-18(14-15)20(24)23(17-10-6-3-7-11-17)22(19)16-8-4-2-5-9-16/h3,6-7,10-14,16H,2,4-5,8-9H2,1H3. The van der Waals surface area contributed by atoms with Gasteiger partial charge in [0, 0.05) is 0 Å². The number of nitrogens with zero attached hydrogens (tertiary/aromatic N) is 2. The second-order valence-corrected chi connectivity index (χ2v) is 6.81. The van der Waals surface area contributed by atoms with Crippen LogP contribution in [0.3, 0.4) is 0 Å². The molecule has 5 nitrogen and oxygen atoms in total. The van der Waals surface area contributed by atoms with Crippen molar-refractivity contribution in [2.24, 2.45) is 0 Å². The van der Waals surface area contributed by atoms with Crippen LogP contribution in [0.1, 0.15) is 48.5 Å². The highest BCUT2D eigenvalue weighted by Gasteiger charge is 2.24. The summed E-state index contributed by atoms with van der Waals surface area (Å²) in [5.41, 5.74) is 2.03. The van der Waals surface area contributed by atoms with Gasteiger partial charge in [0.25, 0.3) is 5.56 Å². The fraction of sp³-hybridized carbons (Fsp3) is 0.333. The summed E-state index contributed by atoms with van der Waals surface area (Å²) in [6.45, 7) is 0. The summed E-state index contributed by atoms with van der Waals surface area (Å²) < 4.78 is 8.71. The molecule has 1 aromatic heterocycles. The van der Waals surface area contributed by atoms with E-state index in [1.54, 1.807) is 16.8 Å². The van der Waals surface area contributed by atoms with Gasteiger partial charge in [-0.05, 0) is 43.2 Å². The molecule has 0 aliphatic heterocycles. The molecule has 1 aliphatic rings. The Balaban J connectivity index is 1.99. The van der Waals surface area contributed by atoms with E-state index in [0.29, 0.717) is 10.9 Å². The molecule has 26 heavy (non-hydrogen) atoms. The first kappa shape index (κ1) is 16.6. The molecule has 0 radical (unpaired) electrons. The van der Waals surface area contributed by atoms with Gasteiger partial charge >= 0.3 is 5.97 Å². The number of para-hydroxylation sites is 1. The van der Waals surface area contributed by atoms with Crippen molar-refractivity contribution in [1.29, 1.82) is 0 Å². The number of carbonyl (C=O) groups is 1.